The van der Waals surface area contributed by atoms with Crippen LogP contribution in [-0.4, -0.2) is 42.1 Å². The van der Waals surface area contributed by atoms with Crippen LogP contribution in [0, 0.1) is 11.8 Å². The van der Waals surface area contributed by atoms with Crippen LogP contribution in [0.1, 0.15) is 30.5 Å². The van der Waals surface area contributed by atoms with Crippen LogP contribution in [0.5, 0.6) is 0 Å². The maximum absolute atomic E-state index is 12.0. The van der Waals surface area contributed by atoms with Crippen molar-refractivity contribution < 1.29 is 9.53 Å². The third-order valence-corrected chi connectivity index (χ3v) is 5.14. The normalized spacial score (nSPS) is 21.2. The number of nitrogens with one attached hydrogen (secondary N) is 1. The first-order chi connectivity index (χ1) is 10.2. The molecular formula is C15H23N3O2S. The van der Waals surface area contributed by atoms with Crippen LogP contribution >= 0.6 is 11.3 Å². The Labute approximate surface area is 129 Å². The van der Waals surface area contributed by atoms with Crippen molar-refractivity contribution in [1.82, 2.24) is 15.2 Å². The molecule has 1 unspecified atom stereocenters. The summed E-state index contributed by atoms with van der Waals surface area (Å²) in [7, 11) is 0. The molecule has 2 fully saturated rings. The fourth-order valence-electron chi connectivity index (χ4n) is 2.63. The zero-order valence-corrected chi connectivity index (χ0v) is 13.3. The molecular weight excluding hydrogens is 286 g/mol. The van der Waals surface area contributed by atoms with Crippen LogP contribution in [0.25, 0.3) is 0 Å². The Kier molecular flexibility index (Phi) is 4.87. The molecule has 5 nitrogen and oxygen atoms in total. The van der Waals surface area contributed by atoms with Gasteiger partial charge in [0.15, 0.2) is 0 Å². The van der Waals surface area contributed by atoms with Crippen LogP contribution in [-0.2, 0) is 22.6 Å². The van der Waals surface area contributed by atoms with Crippen molar-refractivity contribution in [1.29, 1.82) is 0 Å². The lowest BCUT2D eigenvalue weighted by atomic mass is 10.1. The number of aromatic nitrogens is 1. The van der Waals surface area contributed by atoms with E-state index in [1.165, 1.54) is 12.8 Å². The zero-order chi connectivity index (χ0) is 14.7. The van der Waals surface area contributed by atoms with Gasteiger partial charge in [0.2, 0.25) is 5.91 Å². The summed E-state index contributed by atoms with van der Waals surface area (Å²) < 4.78 is 5.35. The van der Waals surface area contributed by atoms with Crippen molar-refractivity contribution in [3.05, 3.63) is 16.1 Å². The van der Waals surface area contributed by atoms with Gasteiger partial charge < -0.3 is 10.1 Å². The molecule has 0 spiro atoms. The Morgan fingerprint density at radius 1 is 1.52 bits per heavy atom. The number of nitrogens with zero attached hydrogens (tertiary/aromatic N) is 2. The summed E-state index contributed by atoms with van der Waals surface area (Å²) in [4.78, 5) is 18.9. The molecule has 0 bridgehead atoms. The second-order valence-corrected chi connectivity index (χ2v) is 6.91. The van der Waals surface area contributed by atoms with Crippen LogP contribution in [0.3, 0.4) is 0 Å². The third-order valence-electron chi connectivity index (χ3n) is 4.25. The predicted octanol–water partition coefficient (Wildman–Crippen LogP) is 1.64. The van der Waals surface area contributed by atoms with Gasteiger partial charge in [-0.25, -0.2) is 4.98 Å². The van der Waals surface area contributed by atoms with E-state index >= 15 is 0 Å². The smallest absolute Gasteiger partial charge is 0.223 e. The molecule has 1 saturated carbocycles. The average Bonchev–Trinajstić information content (AvgIpc) is 3.26. The number of hydrogen-bond acceptors (Lipinski definition) is 5. The van der Waals surface area contributed by atoms with E-state index in [1.54, 1.807) is 11.3 Å². The zero-order valence-electron chi connectivity index (χ0n) is 12.5. The van der Waals surface area contributed by atoms with E-state index in [4.69, 9.17) is 4.74 Å². The Balaban J connectivity index is 1.44. The highest BCUT2D eigenvalue weighted by Gasteiger charge is 2.32. The predicted molar refractivity (Wildman–Crippen MR) is 81.9 cm³/mol. The largest absolute Gasteiger partial charge is 0.379 e. The summed E-state index contributed by atoms with van der Waals surface area (Å²) in [5.41, 5.74) is 1.10. The molecule has 1 aliphatic carbocycles. The molecule has 1 saturated heterocycles. The molecule has 2 aliphatic rings. The van der Waals surface area contributed by atoms with Crippen molar-refractivity contribution in [3.63, 3.8) is 0 Å². The number of morpholine rings is 1. The van der Waals surface area contributed by atoms with E-state index in [-0.39, 0.29) is 11.8 Å². The van der Waals surface area contributed by atoms with Gasteiger partial charge >= 0.3 is 0 Å². The number of amides is 1. The molecule has 1 N–H and O–H groups in total. The van der Waals surface area contributed by atoms with Crippen LogP contribution in [0.2, 0.25) is 0 Å². The van der Waals surface area contributed by atoms with E-state index in [0.717, 1.165) is 43.5 Å². The van der Waals surface area contributed by atoms with Gasteiger partial charge in [-0.15, -0.1) is 11.3 Å². The first kappa shape index (κ1) is 14.9. The van der Waals surface area contributed by atoms with Crippen LogP contribution < -0.4 is 5.32 Å². The highest BCUT2D eigenvalue weighted by Crippen LogP contribution is 2.36. The van der Waals surface area contributed by atoms with Gasteiger partial charge in [0, 0.05) is 30.9 Å². The lowest BCUT2D eigenvalue weighted by molar-refractivity contribution is -0.125. The first-order valence-corrected chi connectivity index (χ1v) is 8.61. The highest BCUT2D eigenvalue weighted by atomic mass is 32.1. The maximum Gasteiger partial charge on any atom is 0.223 e. The monoisotopic (exact) mass is 309 g/mol. The summed E-state index contributed by atoms with van der Waals surface area (Å²) in [6, 6.07) is 0. The molecule has 3 rings (SSSR count). The summed E-state index contributed by atoms with van der Waals surface area (Å²) in [5, 5.41) is 6.11. The van der Waals surface area contributed by atoms with E-state index in [9.17, 15) is 4.79 Å². The van der Waals surface area contributed by atoms with Crippen molar-refractivity contribution in [2.45, 2.75) is 32.9 Å². The Hall–Kier alpha value is -0.980. The van der Waals surface area contributed by atoms with Crippen LogP contribution in [0.4, 0.5) is 0 Å². The molecule has 1 atom stereocenters. The molecule has 1 aromatic rings. The molecule has 0 radical (unpaired) electrons. The van der Waals surface area contributed by atoms with Gasteiger partial charge in [-0.1, -0.05) is 6.92 Å². The summed E-state index contributed by atoms with van der Waals surface area (Å²) in [5.74, 6) is 0.929. The number of thiazole rings is 1. The number of ether oxygens (including phenoxy) is 1. The Bertz CT molecular complexity index is 481. The molecule has 21 heavy (non-hydrogen) atoms. The van der Waals surface area contributed by atoms with E-state index in [1.807, 2.05) is 6.92 Å². The minimum Gasteiger partial charge on any atom is -0.379 e. The minimum absolute atomic E-state index is 0.151. The molecule has 6 heteroatoms. The summed E-state index contributed by atoms with van der Waals surface area (Å²) >= 11 is 1.63. The van der Waals surface area contributed by atoms with Crippen molar-refractivity contribution in [2.75, 3.05) is 26.3 Å². The fourth-order valence-corrected chi connectivity index (χ4v) is 3.35. The molecule has 1 aromatic heterocycles. The van der Waals surface area contributed by atoms with E-state index in [2.05, 4.69) is 20.6 Å². The number of carbonyl (C=O) groups is 1. The quantitative estimate of drug-likeness (QED) is 0.868. The maximum atomic E-state index is 12.0. The highest BCUT2D eigenvalue weighted by molar-refractivity contribution is 7.09. The molecule has 116 valence electrons. The van der Waals surface area contributed by atoms with E-state index in [0.29, 0.717) is 12.5 Å². The molecule has 1 amide bonds. The van der Waals surface area contributed by atoms with Crippen molar-refractivity contribution in [2.24, 2.45) is 11.8 Å². The standard InChI is InChI=1S/C15H23N3O2S/c1-11(12-2-3-12)15(19)16-8-14-17-13(10-21-14)9-18-4-6-20-7-5-18/h10-12H,2-9H2,1H3,(H,16,19). The summed E-state index contributed by atoms with van der Waals surface area (Å²) in [6.07, 6.45) is 2.41. The van der Waals surface area contributed by atoms with Crippen LogP contribution in [0.15, 0.2) is 5.38 Å². The van der Waals surface area contributed by atoms with Gasteiger partial charge in [-0.05, 0) is 18.8 Å². The second-order valence-electron chi connectivity index (χ2n) is 5.97. The number of hydrogen-bond donors (Lipinski definition) is 1. The topological polar surface area (TPSA) is 54.5 Å². The fraction of sp³-hybridized carbons (Fsp3) is 0.733. The average molecular weight is 309 g/mol. The Morgan fingerprint density at radius 3 is 3.00 bits per heavy atom. The van der Waals surface area contributed by atoms with Gasteiger partial charge in [-0.3, -0.25) is 9.69 Å². The lowest BCUT2D eigenvalue weighted by Crippen LogP contribution is -2.35. The first-order valence-electron chi connectivity index (χ1n) is 7.73. The SMILES string of the molecule is CC(C(=O)NCc1nc(CN2CCOCC2)cs1)C1CC1. The number of rotatable bonds is 6. The lowest BCUT2D eigenvalue weighted by Gasteiger charge is -2.25. The van der Waals surface area contributed by atoms with Gasteiger partial charge in [0.25, 0.3) is 0 Å². The molecule has 0 aromatic carbocycles. The van der Waals surface area contributed by atoms with E-state index < -0.39 is 0 Å². The number of carbonyl (C=O) groups excluding carboxylic acids is 1. The second kappa shape index (κ2) is 6.85. The van der Waals surface area contributed by atoms with Gasteiger partial charge in [0.05, 0.1) is 25.5 Å². The van der Waals surface area contributed by atoms with Gasteiger partial charge in [0.1, 0.15) is 5.01 Å². The Morgan fingerprint density at radius 2 is 2.29 bits per heavy atom. The minimum atomic E-state index is 0.151. The molecule has 1 aliphatic heterocycles. The van der Waals surface area contributed by atoms with Crippen molar-refractivity contribution in [3.8, 4) is 0 Å². The molecule has 2 heterocycles. The van der Waals surface area contributed by atoms with Gasteiger partial charge in [-0.2, -0.15) is 0 Å². The third kappa shape index (κ3) is 4.25. The summed E-state index contributed by atoms with van der Waals surface area (Å²) in [6.45, 7) is 7.04. The van der Waals surface area contributed by atoms with Crippen molar-refractivity contribution >= 4 is 17.2 Å².